The lowest BCUT2D eigenvalue weighted by Crippen LogP contribution is -2.31. The van der Waals surface area contributed by atoms with Crippen LogP contribution < -0.4 is 10.6 Å². The maximum atomic E-state index is 13.9. The highest BCUT2D eigenvalue weighted by Gasteiger charge is 2.19. The Bertz CT molecular complexity index is 952. The quantitative estimate of drug-likeness (QED) is 0.732. The zero-order valence-electron chi connectivity index (χ0n) is 14.9. The molecule has 138 valence electrons. The Labute approximate surface area is 157 Å². The number of hydrogen-bond acceptors (Lipinski definition) is 3. The average Bonchev–Trinajstić information content (AvgIpc) is 3.16. The first-order chi connectivity index (χ1) is 13.2. The third-order valence-corrected chi connectivity index (χ3v) is 4.84. The lowest BCUT2D eigenvalue weighted by Gasteiger charge is -2.20. The van der Waals surface area contributed by atoms with Crippen LogP contribution in [0.3, 0.4) is 0 Å². The van der Waals surface area contributed by atoms with Crippen LogP contribution in [0.2, 0.25) is 0 Å². The Morgan fingerprint density at radius 3 is 2.96 bits per heavy atom. The third-order valence-electron chi connectivity index (χ3n) is 4.84. The van der Waals surface area contributed by atoms with Crippen LogP contribution in [0.4, 0.5) is 4.39 Å². The lowest BCUT2D eigenvalue weighted by atomic mass is 9.95. The van der Waals surface area contributed by atoms with Gasteiger partial charge in [-0.3, -0.25) is 4.79 Å². The van der Waals surface area contributed by atoms with Crippen molar-refractivity contribution in [3.05, 3.63) is 77.5 Å². The number of aromatic nitrogens is 2. The van der Waals surface area contributed by atoms with E-state index in [-0.39, 0.29) is 11.7 Å². The molecule has 6 heteroatoms. The summed E-state index contributed by atoms with van der Waals surface area (Å²) in [5, 5.41) is 6.16. The summed E-state index contributed by atoms with van der Waals surface area (Å²) in [4.78, 5) is 16.8. The topological polar surface area (TPSA) is 59.0 Å². The van der Waals surface area contributed by atoms with E-state index in [1.807, 2.05) is 41.1 Å². The summed E-state index contributed by atoms with van der Waals surface area (Å²) >= 11 is 0. The molecule has 0 spiro atoms. The molecule has 0 saturated carbocycles. The largest absolute Gasteiger partial charge is 0.350 e. The Kier molecular flexibility index (Phi) is 4.98. The molecule has 3 aromatic rings. The Morgan fingerprint density at radius 2 is 2.11 bits per heavy atom. The van der Waals surface area contributed by atoms with Gasteiger partial charge in [0.1, 0.15) is 5.82 Å². The van der Waals surface area contributed by atoms with Crippen molar-refractivity contribution in [3.63, 3.8) is 0 Å². The van der Waals surface area contributed by atoms with Gasteiger partial charge in [0.05, 0.1) is 18.2 Å². The second kappa shape index (κ2) is 7.72. The van der Waals surface area contributed by atoms with E-state index in [9.17, 15) is 9.18 Å². The number of rotatable bonds is 5. The fraction of sp³-hybridized carbons (Fsp3) is 0.238. The molecule has 0 aliphatic carbocycles. The summed E-state index contributed by atoms with van der Waals surface area (Å²) in [7, 11) is 0. The molecule has 2 aromatic carbocycles. The van der Waals surface area contributed by atoms with E-state index in [1.54, 1.807) is 6.33 Å². The van der Waals surface area contributed by atoms with Crippen molar-refractivity contribution in [2.75, 3.05) is 13.1 Å². The van der Waals surface area contributed by atoms with Gasteiger partial charge in [-0.1, -0.05) is 30.3 Å². The van der Waals surface area contributed by atoms with Crippen molar-refractivity contribution in [2.45, 2.75) is 19.5 Å². The van der Waals surface area contributed by atoms with Crippen molar-refractivity contribution >= 4 is 5.91 Å². The van der Waals surface area contributed by atoms with E-state index < -0.39 is 0 Å². The molecular formula is C21H21FN4O. The van der Waals surface area contributed by atoms with E-state index in [2.05, 4.69) is 15.6 Å². The maximum Gasteiger partial charge on any atom is 0.251 e. The SMILES string of the molecule is O=C(NCCn1cncc1-c1ccccc1)c1cc(F)cc2c1CNCC2. The van der Waals surface area contributed by atoms with Gasteiger partial charge >= 0.3 is 0 Å². The molecule has 0 saturated heterocycles. The molecule has 2 heterocycles. The average molecular weight is 364 g/mol. The molecule has 0 bridgehead atoms. The number of amides is 1. The first-order valence-corrected chi connectivity index (χ1v) is 9.08. The van der Waals surface area contributed by atoms with Crippen molar-refractivity contribution < 1.29 is 9.18 Å². The highest BCUT2D eigenvalue weighted by atomic mass is 19.1. The first kappa shape index (κ1) is 17.4. The van der Waals surface area contributed by atoms with E-state index in [0.29, 0.717) is 25.2 Å². The van der Waals surface area contributed by atoms with Crippen LogP contribution in [0.15, 0.2) is 55.0 Å². The van der Waals surface area contributed by atoms with Crippen LogP contribution in [-0.2, 0) is 19.5 Å². The molecular weight excluding hydrogens is 343 g/mol. The molecule has 1 aliphatic heterocycles. The van der Waals surface area contributed by atoms with Crippen LogP contribution in [0.5, 0.6) is 0 Å². The summed E-state index contributed by atoms with van der Waals surface area (Å²) in [6.07, 6.45) is 4.30. The molecule has 4 rings (SSSR count). The summed E-state index contributed by atoms with van der Waals surface area (Å²) in [6, 6.07) is 12.8. The zero-order chi connectivity index (χ0) is 18.6. The smallest absolute Gasteiger partial charge is 0.251 e. The highest BCUT2D eigenvalue weighted by molar-refractivity contribution is 5.96. The van der Waals surface area contributed by atoms with Crippen molar-refractivity contribution in [2.24, 2.45) is 0 Å². The number of halogens is 1. The van der Waals surface area contributed by atoms with Gasteiger partial charge in [0.15, 0.2) is 0 Å². The highest BCUT2D eigenvalue weighted by Crippen LogP contribution is 2.21. The summed E-state index contributed by atoms with van der Waals surface area (Å²) in [5.74, 6) is -0.599. The predicted octanol–water partition coefficient (Wildman–Crippen LogP) is 2.76. The third kappa shape index (κ3) is 3.75. The lowest BCUT2D eigenvalue weighted by molar-refractivity contribution is 0.0950. The van der Waals surface area contributed by atoms with E-state index in [0.717, 1.165) is 35.3 Å². The van der Waals surface area contributed by atoms with E-state index in [4.69, 9.17) is 0 Å². The summed E-state index contributed by atoms with van der Waals surface area (Å²) in [5.41, 5.74) is 4.31. The summed E-state index contributed by atoms with van der Waals surface area (Å²) in [6.45, 7) is 2.43. The van der Waals surface area contributed by atoms with E-state index in [1.165, 1.54) is 12.1 Å². The normalized spacial score (nSPS) is 13.2. The van der Waals surface area contributed by atoms with Gasteiger partial charge < -0.3 is 15.2 Å². The Morgan fingerprint density at radius 1 is 1.26 bits per heavy atom. The van der Waals surface area contributed by atoms with Gasteiger partial charge in [0.2, 0.25) is 0 Å². The van der Waals surface area contributed by atoms with Crippen LogP contribution in [0.1, 0.15) is 21.5 Å². The van der Waals surface area contributed by atoms with Crippen LogP contribution >= 0.6 is 0 Å². The molecule has 27 heavy (non-hydrogen) atoms. The molecule has 1 amide bonds. The van der Waals surface area contributed by atoms with Gasteiger partial charge in [-0.15, -0.1) is 0 Å². The van der Waals surface area contributed by atoms with Gasteiger partial charge in [-0.05, 0) is 41.8 Å². The number of benzene rings is 2. The predicted molar refractivity (Wildman–Crippen MR) is 102 cm³/mol. The van der Waals surface area contributed by atoms with Crippen molar-refractivity contribution in [1.29, 1.82) is 0 Å². The molecule has 2 N–H and O–H groups in total. The number of imidazole rings is 1. The van der Waals surface area contributed by atoms with Gasteiger partial charge in [-0.2, -0.15) is 0 Å². The second-order valence-corrected chi connectivity index (χ2v) is 6.61. The van der Waals surface area contributed by atoms with Crippen LogP contribution in [0.25, 0.3) is 11.3 Å². The number of nitrogens with zero attached hydrogens (tertiary/aromatic N) is 2. The molecule has 0 radical (unpaired) electrons. The van der Waals surface area contributed by atoms with Crippen molar-refractivity contribution in [3.8, 4) is 11.3 Å². The molecule has 5 nitrogen and oxygen atoms in total. The van der Waals surface area contributed by atoms with Crippen molar-refractivity contribution in [1.82, 2.24) is 20.2 Å². The maximum absolute atomic E-state index is 13.9. The second-order valence-electron chi connectivity index (χ2n) is 6.61. The van der Waals surface area contributed by atoms with Crippen LogP contribution in [-0.4, -0.2) is 28.5 Å². The minimum atomic E-state index is -0.359. The minimum Gasteiger partial charge on any atom is -0.350 e. The fourth-order valence-electron chi connectivity index (χ4n) is 3.50. The molecule has 0 atom stereocenters. The van der Waals surface area contributed by atoms with E-state index >= 15 is 0 Å². The number of carbonyl (C=O) groups excluding carboxylic acids is 1. The minimum absolute atomic E-state index is 0.240. The van der Waals surface area contributed by atoms with Gasteiger partial charge in [0, 0.05) is 25.2 Å². The molecule has 0 fully saturated rings. The van der Waals surface area contributed by atoms with Crippen LogP contribution in [0, 0.1) is 5.82 Å². The number of hydrogen-bond donors (Lipinski definition) is 2. The fourth-order valence-corrected chi connectivity index (χ4v) is 3.50. The molecule has 1 aromatic heterocycles. The number of carbonyl (C=O) groups is 1. The van der Waals surface area contributed by atoms with Gasteiger partial charge in [-0.25, -0.2) is 9.37 Å². The Hall–Kier alpha value is -2.99. The monoisotopic (exact) mass is 364 g/mol. The van der Waals surface area contributed by atoms with Gasteiger partial charge in [0.25, 0.3) is 5.91 Å². The molecule has 0 unspecified atom stereocenters. The number of fused-ring (bicyclic) bond motifs is 1. The number of nitrogens with one attached hydrogen (secondary N) is 2. The standard InChI is InChI=1S/C21H21FN4O/c22-17-10-16-6-7-23-12-19(16)18(11-17)21(27)25-8-9-26-14-24-13-20(26)15-4-2-1-3-5-15/h1-5,10-11,13-14,23H,6-9,12H2,(H,25,27). The first-order valence-electron chi connectivity index (χ1n) is 9.08. The molecule has 1 aliphatic rings. The zero-order valence-corrected chi connectivity index (χ0v) is 14.9. The summed E-state index contributed by atoms with van der Waals surface area (Å²) < 4.78 is 15.9. The Balaban J connectivity index is 1.44.